The third-order valence-electron chi connectivity index (χ3n) is 6.06. The van der Waals surface area contributed by atoms with Crippen LogP contribution in [0.4, 0.5) is 0 Å². The minimum absolute atomic E-state index is 0.181. The van der Waals surface area contributed by atoms with Gasteiger partial charge in [-0.15, -0.1) is 5.06 Å². The van der Waals surface area contributed by atoms with Crippen molar-refractivity contribution in [3.05, 3.63) is 75.3 Å². The van der Waals surface area contributed by atoms with Crippen LogP contribution in [-0.2, 0) is 27.5 Å². The van der Waals surface area contributed by atoms with E-state index in [2.05, 4.69) is 4.98 Å². The number of benzene rings is 2. The zero-order valence-electron chi connectivity index (χ0n) is 20.1. The van der Waals surface area contributed by atoms with Crippen molar-refractivity contribution in [2.45, 2.75) is 53.3 Å². The number of hydrogen-bond acceptors (Lipinski definition) is 7. The number of rotatable bonds is 5. The van der Waals surface area contributed by atoms with Crippen LogP contribution in [0.1, 0.15) is 60.5 Å². The summed E-state index contributed by atoms with van der Waals surface area (Å²) in [6.45, 7) is 6.80. The second kappa shape index (κ2) is 9.02. The summed E-state index contributed by atoms with van der Waals surface area (Å²) in [7, 11) is 1.72. The number of hydrogen-bond donors (Lipinski definition) is 0. The average Bonchev–Trinajstić information content (AvgIpc) is 3.20. The van der Waals surface area contributed by atoms with Crippen molar-refractivity contribution in [2.24, 2.45) is 5.41 Å². The molecule has 1 aromatic heterocycles. The molecule has 0 radical (unpaired) electrons. The Morgan fingerprint density at radius 2 is 1.88 bits per heavy atom. The molecular weight excluding hydrogens is 434 g/mol. The lowest BCUT2D eigenvalue weighted by Gasteiger charge is -2.24. The molecule has 0 saturated heterocycles. The third-order valence-corrected chi connectivity index (χ3v) is 6.06. The summed E-state index contributed by atoms with van der Waals surface area (Å²) in [6.07, 6.45) is 1.54. The molecule has 1 unspecified atom stereocenters. The van der Waals surface area contributed by atoms with Gasteiger partial charge in [-0.2, -0.15) is 0 Å². The summed E-state index contributed by atoms with van der Waals surface area (Å²) < 4.78 is 6.72. The zero-order chi connectivity index (χ0) is 24.6. The Bertz CT molecular complexity index is 1310. The normalized spacial score (nSPS) is 15.4. The summed E-state index contributed by atoms with van der Waals surface area (Å²) in [6, 6.07) is 12.4. The predicted molar refractivity (Wildman–Crippen MR) is 127 cm³/mol. The van der Waals surface area contributed by atoms with Crippen LogP contribution in [0.15, 0.2) is 47.3 Å². The molecule has 0 N–H and O–H groups in total. The second-order valence-electron chi connectivity index (χ2n) is 9.62. The molecule has 2 aromatic carbocycles. The SMILES string of the molecule is Cc1nc2cc3c(cc2c(=O)n1COC(=O)C(C)(C)C)C(N(C)OC(=O)c1ccccc1)CC3. The van der Waals surface area contributed by atoms with Crippen LogP contribution in [0.3, 0.4) is 0 Å². The summed E-state index contributed by atoms with van der Waals surface area (Å²) >= 11 is 0. The van der Waals surface area contributed by atoms with Crippen LogP contribution in [0.5, 0.6) is 0 Å². The Labute approximate surface area is 198 Å². The number of nitrogens with zero attached hydrogens (tertiary/aromatic N) is 3. The molecule has 1 aliphatic rings. The number of ether oxygens (including phenoxy) is 1. The number of aromatic nitrogens is 2. The Kier molecular flexibility index (Phi) is 6.27. The van der Waals surface area contributed by atoms with Crippen molar-refractivity contribution in [3.8, 4) is 0 Å². The Hall–Kier alpha value is -3.52. The number of esters is 1. The first-order valence-corrected chi connectivity index (χ1v) is 11.3. The molecule has 0 spiro atoms. The quantitative estimate of drug-likeness (QED) is 0.418. The molecule has 1 atom stereocenters. The lowest BCUT2D eigenvalue weighted by molar-refractivity contribution is -0.157. The lowest BCUT2D eigenvalue weighted by atomic mass is 9.98. The van der Waals surface area contributed by atoms with E-state index in [9.17, 15) is 14.4 Å². The van der Waals surface area contributed by atoms with E-state index in [-0.39, 0.29) is 18.3 Å². The first-order chi connectivity index (χ1) is 16.1. The van der Waals surface area contributed by atoms with Crippen molar-refractivity contribution < 1.29 is 19.2 Å². The number of carbonyl (C=O) groups excluding carboxylic acids is 2. The van der Waals surface area contributed by atoms with Crippen molar-refractivity contribution in [1.82, 2.24) is 14.6 Å². The van der Waals surface area contributed by atoms with Gasteiger partial charge >= 0.3 is 11.9 Å². The molecule has 3 aromatic rings. The lowest BCUT2D eigenvalue weighted by Crippen LogP contribution is -2.30. The highest BCUT2D eigenvalue weighted by atomic mass is 16.7. The molecule has 0 saturated carbocycles. The van der Waals surface area contributed by atoms with Gasteiger partial charge in [-0.1, -0.05) is 18.2 Å². The minimum Gasteiger partial charge on any atom is -0.443 e. The molecule has 8 nitrogen and oxygen atoms in total. The smallest absolute Gasteiger partial charge is 0.357 e. The maximum Gasteiger partial charge on any atom is 0.357 e. The van der Waals surface area contributed by atoms with Gasteiger partial charge in [0.25, 0.3) is 5.56 Å². The van der Waals surface area contributed by atoms with Crippen LogP contribution in [0.2, 0.25) is 0 Å². The molecule has 0 amide bonds. The molecule has 34 heavy (non-hydrogen) atoms. The highest BCUT2D eigenvalue weighted by Gasteiger charge is 2.30. The first kappa shape index (κ1) is 23.6. The number of aryl methyl sites for hydroxylation is 2. The summed E-state index contributed by atoms with van der Waals surface area (Å²) in [5.41, 5.74) is 2.13. The molecule has 0 aliphatic heterocycles. The molecule has 1 heterocycles. The van der Waals surface area contributed by atoms with Gasteiger partial charge in [0.1, 0.15) is 5.82 Å². The van der Waals surface area contributed by atoms with Gasteiger partial charge in [0.05, 0.1) is 27.9 Å². The van der Waals surface area contributed by atoms with E-state index in [0.29, 0.717) is 22.3 Å². The first-order valence-electron chi connectivity index (χ1n) is 11.3. The van der Waals surface area contributed by atoms with E-state index in [1.807, 2.05) is 18.2 Å². The Morgan fingerprint density at radius 1 is 1.18 bits per heavy atom. The fraction of sp³-hybridized carbons (Fsp3) is 0.385. The van der Waals surface area contributed by atoms with Gasteiger partial charge in [0, 0.05) is 7.05 Å². The van der Waals surface area contributed by atoms with E-state index < -0.39 is 17.4 Å². The van der Waals surface area contributed by atoms with Gasteiger partial charge < -0.3 is 9.57 Å². The van der Waals surface area contributed by atoms with Crippen molar-refractivity contribution in [2.75, 3.05) is 7.05 Å². The fourth-order valence-electron chi connectivity index (χ4n) is 4.10. The number of hydroxylamine groups is 2. The van der Waals surface area contributed by atoms with E-state index in [0.717, 1.165) is 24.0 Å². The van der Waals surface area contributed by atoms with E-state index in [1.165, 1.54) is 4.57 Å². The van der Waals surface area contributed by atoms with Crippen molar-refractivity contribution in [3.63, 3.8) is 0 Å². The topological polar surface area (TPSA) is 90.7 Å². The predicted octanol–water partition coefficient (Wildman–Crippen LogP) is 3.94. The van der Waals surface area contributed by atoms with E-state index >= 15 is 0 Å². The Morgan fingerprint density at radius 3 is 2.56 bits per heavy atom. The number of fused-ring (bicyclic) bond motifs is 2. The van der Waals surface area contributed by atoms with Gasteiger partial charge in [-0.25, -0.2) is 9.78 Å². The molecule has 0 fully saturated rings. The third kappa shape index (κ3) is 4.59. The monoisotopic (exact) mass is 463 g/mol. The maximum atomic E-state index is 13.3. The summed E-state index contributed by atoms with van der Waals surface area (Å²) in [5, 5.41) is 1.99. The molecule has 1 aliphatic carbocycles. The molecule has 0 bridgehead atoms. The van der Waals surface area contributed by atoms with E-state index in [1.54, 1.807) is 64.1 Å². The van der Waals surface area contributed by atoms with Gasteiger partial charge in [-0.05, 0) is 75.9 Å². The average molecular weight is 464 g/mol. The number of carbonyl (C=O) groups is 2. The van der Waals surface area contributed by atoms with Crippen LogP contribution in [-0.4, -0.2) is 33.6 Å². The van der Waals surface area contributed by atoms with Crippen LogP contribution >= 0.6 is 0 Å². The highest BCUT2D eigenvalue weighted by Crippen LogP contribution is 2.37. The van der Waals surface area contributed by atoms with E-state index in [4.69, 9.17) is 9.57 Å². The largest absolute Gasteiger partial charge is 0.443 e. The summed E-state index contributed by atoms with van der Waals surface area (Å²) in [4.78, 5) is 48.1. The van der Waals surface area contributed by atoms with Crippen LogP contribution in [0, 0.1) is 12.3 Å². The van der Waals surface area contributed by atoms with Gasteiger partial charge in [-0.3, -0.25) is 14.2 Å². The van der Waals surface area contributed by atoms with Crippen molar-refractivity contribution >= 4 is 22.8 Å². The van der Waals surface area contributed by atoms with Gasteiger partial charge in [0.2, 0.25) is 0 Å². The van der Waals surface area contributed by atoms with Gasteiger partial charge in [0.15, 0.2) is 6.73 Å². The fourth-order valence-corrected chi connectivity index (χ4v) is 4.10. The molecule has 8 heteroatoms. The molecule has 178 valence electrons. The molecular formula is C26H29N3O5. The summed E-state index contributed by atoms with van der Waals surface area (Å²) in [5.74, 6) is -0.352. The minimum atomic E-state index is -0.669. The maximum absolute atomic E-state index is 13.3. The van der Waals surface area contributed by atoms with Crippen LogP contribution in [0.25, 0.3) is 10.9 Å². The highest BCUT2D eigenvalue weighted by molar-refractivity contribution is 5.89. The molecule has 4 rings (SSSR count). The second-order valence-corrected chi connectivity index (χ2v) is 9.62. The standard InChI is InChI=1S/C26H29N3O5/c1-16-27-21-13-18-11-12-22(28(5)34-24(31)17-9-7-6-8-10-17)19(18)14-20(21)23(30)29(16)15-33-25(32)26(2,3)4/h6-10,13-14,22H,11-12,15H2,1-5H3. The Balaban J connectivity index is 1.62. The van der Waals surface area contributed by atoms with Crippen LogP contribution < -0.4 is 5.56 Å². The zero-order valence-corrected chi connectivity index (χ0v) is 20.1. The van der Waals surface area contributed by atoms with Crippen molar-refractivity contribution in [1.29, 1.82) is 0 Å².